The van der Waals surface area contributed by atoms with Crippen LogP contribution < -0.4 is 10.6 Å². The number of ether oxygens (including phenoxy) is 1. The Morgan fingerprint density at radius 1 is 1.41 bits per heavy atom. The van der Waals surface area contributed by atoms with Crippen LogP contribution in [0.1, 0.15) is 12.8 Å². The topological polar surface area (TPSA) is 76.4 Å². The molecule has 2 heterocycles. The minimum absolute atomic E-state index is 0. The smallest absolute Gasteiger partial charge is 0.244 e. The van der Waals surface area contributed by atoms with Crippen molar-refractivity contribution in [3.63, 3.8) is 0 Å². The number of oxazole rings is 1. The van der Waals surface area contributed by atoms with E-state index >= 15 is 0 Å². The molecule has 3 rings (SSSR count). The Labute approximate surface area is 140 Å². The predicted octanol–water partition coefficient (Wildman–Crippen LogP) is 2.30. The fraction of sp³-hybridized carbons (Fsp3) is 0.429. The van der Waals surface area contributed by atoms with E-state index in [1.165, 1.54) is 0 Å². The Balaban J connectivity index is 0.00000121. The third-order valence-electron chi connectivity index (χ3n) is 3.36. The number of anilines is 1. The summed E-state index contributed by atoms with van der Waals surface area (Å²) in [5.41, 5.74) is 2.15. The summed E-state index contributed by atoms with van der Waals surface area (Å²) in [5.74, 6) is 0.507. The summed E-state index contributed by atoms with van der Waals surface area (Å²) in [6.45, 7) is 5.00. The van der Waals surface area contributed by atoms with Crippen molar-refractivity contribution < 1.29 is 13.9 Å². The average Bonchev–Trinajstić information content (AvgIpc) is 2.78. The van der Waals surface area contributed by atoms with Crippen LogP contribution in [0.5, 0.6) is 0 Å². The number of aryl methyl sites for hydroxylation is 1. The minimum atomic E-state index is -0.337. The Morgan fingerprint density at radius 3 is 2.91 bits per heavy atom. The van der Waals surface area contributed by atoms with Crippen molar-refractivity contribution in [1.82, 2.24) is 10.3 Å². The van der Waals surface area contributed by atoms with Crippen LogP contribution >= 0.6 is 24.8 Å². The zero-order chi connectivity index (χ0) is 14.1. The number of rotatable bonds is 2. The lowest BCUT2D eigenvalue weighted by molar-refractivity contribution is -0.123. The first-order valence-electron chi connectivity index (χ1n) is 6.66. The number of amides is 1. The molecule has 2 atom stereocenters. The van der Waals surface area contributed by atoms with Crippen LogP contribution in [-0.4, -0.2) is 36.2 Å². The van der Waals surface area contributed by atoms with Gasteiger partial charge in [0.05, 0.1) is 12.7 Å². The van der Waals surface area contributed by atoms with E-state index < -0.39 is 0 Å². The highest BCUT2D eigenvalue weighted by Crippen LogP contribution is 2.20. The first-order valence-corrected chi connectivity index (χ1v) is 6.66. The quantitative estimate of drug-likeness (QED) is 0.871. The molecule has 1 aromatic carbocycles. The van der Waals surface area contributed by atoms with E-state index in [0.29, 0.717) is 30.3 Å². The number of nitrogens with zero attached hydrogens (tertiary/aromatic N) is 1. The van der Waals surface area contributed by atoms with E-state index in [-0.39, 0.29) is 42.9 Å². The average molecular weight is 348 g/mol. The molecule has 2 N–H and O–H groups in total. The molecule has 6 nitrogen and oxygen atoms in total. The second-order valence-electron chi connectivity index (χ2n) is 4.91. The first-order chi connectivity index (χ1) is 9.63. The molecule has 122 valence electrons. The minimum Gasteiger partial charge on any atom is -0.441 e. The molecule has 22 heavy (non-hydrogen) atoms. The van der Waals surface area contributed by atoms with Gasteiger partial charge in [0.15, 0.2) is 11.5 Å². The van der Waals surface area contributed by atoms with E-state index in [9.17, 15) is 4.79 Å². The van der Waals surface area contributed by atoms with Crippen molar-refractivity contribution in [3.05, 3.63) is 24.1 Å². The van der Waals surface area contributed by atoms with Gasteiger partial charge in [0.1, 0.15) is 11.6 Å². The molecule has 0 radical (unpaired) electrons. The lowest BCUT2D eigenvalue weighted by atomic mass is 10.1. The number of hydrogen-bond acceptors (Lipinski definition) is 5. The second-order valence-corrected chi connectivity index (χ2v) is 4.91. The van der Waals surface area contributed by atoms with E-state index in [2.05, 4.69) is 15.6 Å². The van der Waals surface area contributed by atoms with Crippen molar-refractivity contribution in [2.24, 2.45) is 0 Å². The molecule has 1 saturated heterocycles. The van der Waals surface area contributed by atoms with Gasteiger partial charge in [-0.2, -0.15) is 0 Å². The van der Waals surface area contributed by atoms with Crippen molar-refractivity contribution in [3.8, 4) is 0 Å². The molecule has 2 aromatic rings. The molecule has 0 unspecified atom stereocenters. The van der Waals surface area contributed by atoms with Gasteiger partial charge in [0, 0.05) is 25.2 Å². The monoisotopic (exact) mass is 347 g/mol. The number of halogens is 2. The SMILES string of the molecule is Cc1nc2ccc(NC(=O)[C@H]3NCCO[C@@H]3C)cc2o1.Cl.Cl. The van der Waals surface area contributed by atoms with Gasteiger partial charge in [0.25, 0.3) is 0 Å². The van der Waals surface area contributed by atoms with E-state index in [4.69, 9.17) is 9.15 Å². The lowest BCUT2D eigenvalue weighted by Gasteiger charge is -2.29. The maximum Gasteiger partial charge on any atom is 0.244 e. The molecule has 8 heteroatoms. The van der Waals surface area contributed by atoms with Crippen LogP contribution in [0, 0.1) is 6.92 Å². The maximum absolute atomic E-state index is 12.2. The third-order valence-corrected chi connectivity index (χ3v) is 3.36. The number of morpholine rings is 1. The van der Waals surface area contributed by atoms with E-state index in [1.807, 2.05) is 19.1 Å². The fourth-order valence-electron chi connectivity index (χ4n) is 2.36. The molecule has 1 aromatic heterocycles. The summed E-state index contributed by atoms with van der Waals surface area (Å²) in [5, 5.41) is 6.03. The summed E-state index contributed by atoms with van der Waals surface area (Å²) >= 11 is 0. The molecular weight excluding hydrogens is 329 g/mol. The zero-order valence-electron chi connectivity index (χ0n) is 12.3. The van der Waals surface area contributed by atoms with Gasteiger partial charge in [-0.25, -0.2) is 4.98 Å². The maximum atomic E-state index is 12.2. The summed E-state index contributed by atoms with van der Waals surface area (Å²) in [7, 11) is 0. The number of nitrogens with one attached hydrogen (secondary N) is 2. The number of carbonyl (C=O) groups excluding carboxylic acids is 1. The van der Waals surface area contributed by atoms with Crippen molar-refractivity contribution >= 4 is 47.5 Å². The number of benzene rings is 1. The van der Waals surface area contributed by atoms with Gasteiger partial charge < -0.3 is 19.8 Å². The fourth-order valence-corrected chi connectivity index (χ4v) is 2.36. The Morgan fingerprint density at radius 2 is 2.18 bits per heavy atom. The van der Waals surface area contributed by atoms with Crippen LogP contribution in [-0.2, 0) is 9.53 Å². The van der Waals surface area contributed by atoms with Crippen molar-refractivity contribution in [2.45, 2.75) is 26.0 Å². The van der Waals surface area contributed by atoms with Crippen LogP contribution in [0.25, 0.3) is 11.1 Å². The number of hydrogen-bond donors (Lipinski definition) is 2. The third kappa shape index (κ3) is 3.89. The summed E-state index contributed by atoms with van der Waals surface area (Å²) in [6.07, 6.45) is -0.139. The largest absolute Gasteiger partial charge is 0.441 e. The Hall–Kier alpha value is -1.34. The summed E-state index contributed by atoms with van der Waals surface area (Å²) in [6, 6.07) is 5.09. The lowest BCUT2D eigenvalue weighted by Crippen LogP contribution is -2.53. The molecule has 1 aliphatic rings. The van der Waals surface area contributed by atoms with Crippen LogP contribution in [0.3, 0.4) is 0 Å². The molecule has 0 spiro atoms. The molecule has 1 amide bonds. The Bertz CT molecular complexity index is 647. The number of aromatic nitrogens is 1. The van der Waals surface area contributed by atoms with Gasteiger partial charge in [-0.05, 0) is 19.1 Å². The van der Waals surface area contributed by atoms with Gasteiger partial charge >= 0.3 is 0 Å². The summed E-state index contributed by atoms with van der Waals surface area (Å²) < 4.78 is 10.9. The van der Waals surface area contributed by atoms with E-state index in [1.54, 1.807) is 13.0 Å². The van der Waals surface area contributed by atoms with Crippen molar-refractivity contribution in [1.29, 1.82) is 0 Å². The molecule has 0 bridgehead atoms. The molecule has 0 saturated carbocycles. The normalized spacial score (nSPS) is 20.8. The van der Waals surface area contributed by atoms with Gasteiger partial charge in [-0.1, -0.05) is 0 Å². The van der Waals surface area contributed by atoms with Crippen LogP contribution in [0.2, 0.25) is 0 Å². The van der Waals surface area contributed by atoms with E-state index in [0.717, 1.165) is 5.52 Å². The van der Waals surface area contributed by atoms with Crippen LogP contribution in [0.4, 0.5) is 5.69 Å². The Kier molecular flexibility index (Phi) is 6.62. The van der Waals surface area contributed by atoms with Crippen molar-refractivity contribution in [2.75, 3.05) is 18.5 Å². The number of carbonyl (C=O) groups is 1. The highest BCUT2D eigenvalue weighted by molar-refractivity contribution is 5.96. The number of fused-ring (bicyclic) bond motifs is 1. The molecular formula is C14H19Cl2N3O3. The standard InChI is InChI=1S/C14H17N3O3.2ClH/c1-8-13(15-5-6-19-8)14(18)17-10-3-4-11-12(7-10)20-9(2)16-11;;/h3-4,7-8,13,15H,5-6H2,1-2H3,(H,17,18);2*1H/t8-,13+;;/m1../s1. The summed E-state index contributed by atoms with van der Waals surface area (Å²) in [4.78, 5) is 16.4. The van der Waals surface area contributed by atoms with Gasteiger partial charge in [-0.15, -0.1) is 24.8 Å². The predicted molar refractivity (Wildman–Crippen MR) is 89.1 cm³/mol. The van der Waals surface area contributed by atoms with Gasteiger partial charge in [0.2, 0.25) is 5.91 Å². The van der Waals surface area contributed by atoms with Gasteiger partial charge in [-0.3, -0.25) is 4.79 Å². The zero-order valence-corrected chi connectivity index (χ0v) is 13.9. The van der Waals surface area contributed by atoms with Crippen LogP contribution in [0.15, 0.2) is 22.6 Å². The highest BCUT2D eigenvalue weighted by Gasteiger charge is 2.28. The molecule has 1 fully saturated rings. The molecule has 0 aliphatic carbocycles. The second kappa shape index (κ2) is 7.78. The highest BCUT2D eigenvalue weighted by atomic mass is 35.5. The molecule has 1 aliphatic heterocycles. The first kappa shape index (κ1) is 18.7.